The Labute approximate surface area is 68.8 Å². The summed E-state index contributed by atoms with van der Waals surface area (Å²) in [4.78, 5) is 5.98. The van der Waals surface area contributed by atoms with E-state index in [2.05, 4.69) is 9.36 Å². The number of halogens is 1. The fourth-order valence-corrected chi connectivity index (χ4v) is 1.21. The number of rotatable bonds is 2. The lowest BCUT2D eigenvalue weighted by atomic mass is 10.6. The molecule has 0 bridgehead atoms. The molecule has 0 aromatic carbocycles. The van der Waals surface area contributed by atoms with E-state index in [1.165, 1.54) is 11.5 Å². The van der Waals surface area contributed by atoms with Crippen LogP contribution in [0.4, 0.5) is 0 Å². The number of hydrogen-bond donors (Lipinski definition) is 0. The normalized spacial score (nSPS) is 10.8. The zero-order chi connectivity index (χ0) is 7.56. The molecule has 0 N–H and O–H groups in total. The van der Waals surface area contributed by atoms with E-state index < -0.39 is 0 Å². The Morgan fingerprint density at radius 2 is 2.30 bits per heavy atom. The van der Waals surface area contributed by atoms with Crippen molar-refractivity contribution in [3.63, 3.8) is 0 Å². The lowest BCUT2D eigenvalue weighted by Gasteiger charge is -2.03. The molecule has 0 amide bonds. The van der Waals surface area contributed by atoms with Gasteiger partial charge in [0.15, 0.2) is 5.82 Å². The molecule has 0 fully saturated rings. The Morgan fingerprint density at radius 1 is 1.60 bits per heavy atom. The lowest BCUT2D eigenvalue weighted by molar-refractivity contribution is 0.392. The van der Waals surface area contributed by atoms with Crippen LogP contribution >= 0.6 is 23.1 Å². The van der Waals surface area contributed by atoms with Crippen molar-refractivity contribution in [1.82, 2.24) is 14.3 Å². The first kappa shape index (κ1) is 7.91. The van der Waals surface area contributed by atoms with Gasteiger partial charge >= 0.3 is 0 Å². The molecule has 0 radical (unpaired) electrons. The van der Waals surface area contributed by atoms with Crippen LogP contribution in [0.1, 0.15) is 5.82 Å². The first-order valence-electron chi connectivity index (χ1n) is 2.81. The predicted molar refractivity (Wildman–Crippen MR) is 42.3 cm³/mol. The summed E-state index contributed by atoms with van der Waals surface area (Å²) in [5.41, 5.74) is 0. The molecule has 3 nitrogen and oxygen atoms in total. The van der Waals surface area contributed by atoms with E-state index in [1.807, 2.05) is 19.0 Å². The molecule has 0 unspecified atom stereocenters. The average molecular weight is 178 g/mol. The molecule has 0 spiro atoms. The molecule has 1 aromatic heterocycles. The zero-order valence-corrected chi connectivity index (χ0v) is 7.41. The minimum absolute atomic E-state index is 0.511. The van der Waals surface area contributed by atoms with Crippen molar-refractivity contribution < 1.29 is 0 Å². The molecule has 56 valence electrons. The average Bonchev–Trinajstić information content (AvgIpc) is 2.13. The van der Waals surface area contributed by atoms with Gasteiger partial charge in [-0.1, -0.05) is 0 Å². The highest BCUT2D eigenvalue weighted by molar-refractivity contribution is 7.10. The maximum absolute atomic E-state index is 5.57. The van der Waals surface area contributed by atoms with Gasteiger partial charge in [-0.25, -0.2) is 4.98 Å². The minimum atomic E-state index is 0.511. The fraction of sp³-hybridized carbons (Fsp3) is 0.600. The third kappa shape index (κ3) is 2.21. The summed E-state index contributed by atoms with van der Waals surface area (Å²) in [5, 5.41) is 0. The summed E-state index contributed by atoms with van der Waals surface area (Å²) in [7, 11) is 3.93. The summed E-state index contributed by atoms with van der Waals surface area (Å²) < 4.78 is 4.52. The van der Waals surface area contributed by atoms with Crippen molar-refractivity contribution in [3.05, 3.63) is 10.3 Å². The highest BCUT2D eigenvalue weighted by Crippen LogP contribution is 2.10. The van der Waals surface area contributed by atoms with Crippen LogP contribution in [0.3, 0.4) is 0 Å². The van der Waals surface area contributed by atoms with Gasteiger partial charge < -0.3 is 4.90 Å². The van der Waals surface area contributed by atoms with Crippen LogP contribution in [0.2, 0.25) is 4.47 Å². The monoisotopic (exact) mass is 177 g/mol. The zero-order valence-electron chi connectivity index (χ0n) is 5.83. The highest BCUT2D eigenvalue weighted by atomic mass is 35.5. The van der Waals surface area contributed by atoms with E-state index in [4.69, 9.17) is 11.6 Å². The predicted octanol–water partition coefficient (Wildman–Crippen LogP) is 1.25. The van der Waals surface area contributed by atoms with Gasteiger partial charge in [0, 0.05) is 0 Å². The first-order chi connectivity index (χ1) is 4.68. The number of hydrogen-bond acceptors (Lipinski definition) is 4. The van der Waals surface area contributed by atoms with Gasteiger partial charge in [-0.3, -0.25) is 0 Å². The van der Waals surface area contributed by atoms with Crippen LogP contribution in [-0.2, 0) is 6.54 Å². The summed E-state index contributed by atoms with van der Waals surface area (Å²) in [6.07, 6.45) is 0. The Morgan fingerprint density at radius 3 is 2.70 bits per heavy atom. The molecule has 1 rings (SSSR count). The van der Waals surface area contributed by atoms with Crippen LogP contribution in [0.5, 0.6) is 0 Å². The summed E-state index contributed by atoms with van der Waals surface area (Å²) in [6.45, 7) is 0.753. The Kier molecular flexibility index (Phi) is 2.59. The molecule has 0 saturated carbocycles. The summed E-state index contributed by atoms with van der Waals surface area (Å²) >= 11 is 6.79. The molecule has 10 heavy (non-hydrogen) atoms. The van der Waals surface area contributed by atoms with Gasteiger partial charge in [0.05, 0.1) is 6.54 Å². The van der Waals surface area contributed by atoms with Crippen molar-refractivity contribution in [2.24, 2.45) is 0 Å². The molecule has 1 aromatic rings. The van der Waals surface area contributed by atoms with Crippen molar-refractivity contribution in [2.75, 3.05) is 14.1 Å². The van der Waals surface area contributed by atoms with E-state index in [0.29, 0.717) is 4.47 Å². The molecule has 0 atom stereocenters. The molecule has 0 aliphatic carbocycles. The summed E-state index contributed by atoms with van der Waals surface area (Å²) in [6, 6.07) is 0. The van der Waals surface area contributed by atoms with E-state index in [0.717, 1.165) is 12.4 Å². The Hall–Kier alpha value is -0.190. The molecule has 1 heterocycles. The van der Waals surface area contributed by atoms with Crippen molar-refractivity contribution >= 4 is 23.1 Å². The minimum Gasteiger partial charge on any atom is -0.302 e. The topological polar surface area (TPSA) is 29.0 Å². The van der Waals surface area contributed by atoms with Gasteiger partial charge in [-0.05, 0) is 37.2 Å². The summed E-state index contributed by atoms with van der Waals surface area (Å²) in [5.74, 6) is 0.792. The SMILES string of the molecule is CN(C)Cc1nsc(Cl)n1. The maximum Gasteiger partial charge on any atom is 0.203 e. The van der Waals surface area contributed by atoms with Crippen LogP contribution < -0.4 is 0 Å². The molecule has 0 saturated heterocycles. The third-order valence-electron chi connectivity index (χ3n) is 0.901. The molecular formula is C5H8ClN3S. The van der Waals surface area contributed by atoms with Gasteiger partial charge in [0.25, 0.3) is 0 Å². The molecule has 5 heteroatoms. The Balaban J connectivity index is 2.58. The van der Waals surface area contributed by atoms with Gasteiger partial charge in [-0.2, -0.15) is 4.37 Å². The van der Waals surface area contributed by atoms with Crippen LogP contribution in [0.25, 0.3) is 0 Å². The quantitative estimate of drug-likeness (QED) is 0.681. The largest absolute Gasteiger partial charge is 0.302 e. The first-order valence-corrected chi connectivity index (χ1v) is 3.96. The van der Waals surface area contributed by atoms with Gasteiger partial charge in [0.1, 0.15) is 0 Å². The van der Waals surface area contributed by atoms with Gasteiger partial charge in [-0.15, -0.1) is 0 Å². The van der Waals surface area contributed by atoms with Crippen LogP contribution in [0, 0.1) is 0 Å². The maximum atomic E-state index is 5.57. The van der Waals surface area contributed by atoms with E-state index in [-0.39, 0.29) is 0 Å². The van der Waals surface area contributed by atoms with Crippen molar-refractivity contribution in [2.45, 2.75) is 6.54 Å². The van der Waals surface area contributed by atoms with Crippen molar-refractivity contribution in [1.29, 1.82) is 0 Å². The Bertz CT molecular complexity index is 210. The molecule has 0 aliphatic rings. The van der Waals surface area contributed by atoms with Gasteiger partial charge in [0.2, 0.25) is 4.47 Å². The highest BCUT2D eigenvalue weighted by Gasteiger charge is 2.01. The standard InChI is InChI=1S/C5H8ClN3S/c1-9(2)3-4-7-5(6)10-8-4/h3H2,1-2H3. The number of aromatic nitrogens is 2. The van der Waals surface area contributed by atoms with E-state index in [1.54, 1.807) is 0 Å². The second kappa shape index (κ2) is 3.27. The third-order valence-corrected chi connectivity index (χ3v) is 1.74. The second-order valence-corrected chi connectivity index (χ2v) is 3.54. The molecular weight excluding hydrogens is 170 g/mol. The smallest absolute Gasteiger partial charge is 0.203 e. The van der Waals surface area contributed by atoms with Crippen LogP contribution in [0.15, 0.2) is 0 Å². The fourth-order valence-electron chi connectivity index (χ4n) is 0.580. The van der Waals surface area contributed by atoms with Crippen LogP contribution in [-0.4, -0.2) is 28.4 Å². The lowest BCUT2D eigenvalue weighted by Crippen LogP contribution is -2.11. The second-order valence-electron chi connectivity index (χ2n) is 2.20. The van der Waals surface area contributed by atoms with E-state index >= 15 is 0 Å². The number of nitrogens with zero attached hydrogens (tertiary/aromatic N) is 3. The molecule has 0 aliphatic heterocycles. The van der Waals surface area contributed by atoms with E-state index in [9.17, 15) is 0 Å². The van der Waals surface area contributed by atoms with Crippen molar-refractivity contribution in [3.8, 4) is 0 Å².